The molecule has 2 heterocycles. The summed E-state index contributed by atoms with van der Waals surface area (Å²) >= 11 is 5.94. The molecule has 2 rings (SSSR count). The highest BCUT2D eigenvalue weighted by molar-refractivity contribution is 6.30. The molecule has 2 aromatic heterocycles. The van der Waals surface area contributed by atoms with Gasteiger partial charge in [0, 0.05) is 17.8 Å². The highest BCUT2D eigenvalue weighted by Crippen LogP contribution is 2.19. The highest BCUT2D eigenvalue weighted by atomic mass is 35.5. The average Bonchev–Trinajstić information content (AvgIpc) is 2.78. The molecule has 1 N–H and O–H groups in total. The molecule has 0 radical (unpaired) electrons. The van der Waals surface area contributed by atoms with Crippen LogP contribution in [0.2, 0.25) is 5.02 Å². The van der Waals surface area contributed by atoms with E-state index in [1.165, 1.54) is 11.1 Å². The fourth-order valence-electron chi connectivity index (χ4n) is 2.06. The largest absolute Gasteiger partial charge is 0.313 e. The number of pyridine rings is 1. The Bertz CT molecular complexity index is 563. The first-order chi connectivity index (χ1) is 9.11. The second-order valence-electron chi connectivity index (χ2n) is 4.66. The molecule has 5 heteroatoms. The van der Waals surface area contributed by atoms with Gasteiger partial charge in [-0.25, -0.2) is 9.67 Å². The van der Waals surface area contributed by atoms with Gasteiger partial charge in [0.05, 0.1) is 17.4 Å². The maximum atomic E-state index is 5.94. The Morgan fingerprint density at radius 3 is 2.79 bits per heavy atom. The van der Waals surface area contributed by atoms with Gasteiger partial charge in [0.1, 0.15) is 0 Å². The van der Waals surface area contributed by atoms with E-state index in [1.54, 1.807) is 17.1 Å². The van der Waals surface area contributed by atoms with Crippen LogP contribution in [-0.4, -0.2) is 21.3 Å². The van der Waals surface area contributed by atoms with Crippen LogP contribution in [0.5, 0.6) is 0 Å². The number of aryl methyl sites for hydroxylation is 2. The SMILES string of the molecule is CCCNCc1c(C)cc(C)nc1-n1cc(Cl)cn1. The van der Waals surface area contributed by atoms with Gasteiger partial charge in [-0.05, 0) is 38.4 Å². The maximum absolute atomic E-state index is 5.94. The predicted octanol–water partition coefficient (Wildman–Crippen LogP) is 3.04. The van der Waals surface area contributed by atoms with Crippen LogP contribution in [-0.2, 0) is 6.54 Å². The molecule has 0 aromatic carbocycles. The molecular formula is C14H19ClN4. The van der Waals surface area contributed by atoms with E-state index in [0.29, 0.717) is 5.02 Å². The van der Waals surface area contributed by atoms with Crippen molar-refractivity contribution in [3.05, 3.63) is 40.3 Å². The molecule has 0 atom stereocenters. The molecule has 0 saturated heterocycles. The lowest BCUT2D eigenvalue weighted by atomic mass is 10.1. The molecule has 0 fully saturated rings. The van der Waals surface area contributed by atoms with E-state index in [0.717, 1.165) is 31.0 Å². The lowest BCUT2D eigenvalue weighted by molar-refractivity contribution is 0.663. The summed E-state index contributed by atoms with van der Waals surface area (Å²) in [6.07, 6.45) is 4.53. The zero-order valence-corrected chi connectivity index (χ0v) is 12.3. The summed E-state index contributed by atoms with van der Waals surface area (Å²) in [4.78, 5) is 4.60. The molecule has 0 spiro atoms. The van der Waals surface area contributed by atoms with Crippen LogP contribution in [0.4, 0.5) is 0 Å². The summed E-state index contributed by atoms with van der Waals surface area (Å²) in [5, 5.41) is 8.29. The minimum absolute atomic E-state index is 0.619. The smallest absolute Gasteiger partial charge is 0.158 e. The molecule has 0 amide bonds. The molecular weight excluding hydrogens is 260 g/mol. The van der Waals surface area contributed by atoms with E-state index in [9.17, 15) is 0 Å². The molecule has 0 saturated carbocycles. The fraction of sp³-hybridized carbons (Fsp3) is 0.429. The third kappa shape index (κ3) is 3.33. The van der Waals surface area contributed by atoms with Crippen LogP contribution in [0.15, 0.2) is 18.5 Å². The van der Waals surface area contributed by atoms with E-state index >= 15 is 0 Å². The lowest BCUT2D eigenvalue weighted by Gasteiger charge is -2.13. The van der Waals surface area contributed by atoms with Gasteiger partial charge >= 0.3 is 0 Å². The van der Waals surface area contributed by atoms with Crippen molar-refractivity contribution in [3.63, 3.8) is 0 Å². The summed E-state index contributed by atoms with van der Waals surface area (Å²) < 4.78 is 1.74. The van der Waals surface area contributed by atoms with Gasteiger partial charge in [-0.15, -0.1) is 0 Å². The fourth-order valence-corrected chi connectivity index (χ4v) is 2.19. The number of hydrogen-bond donors (Lipinski definition) is 1. The molecule has 0 unspecified atom stereocenters. The first-order valence-electron chi connectivity index (χ1n) is 6.50. The van der Waals surface area contributed by atoms with Crippen molar-refractivity contribution in [1.29, 1.82) is 0 Å². The Labute approximate surface area is 118 Å². The molecule has 102 valence electrons. The van der Waals surface area contributed by atoms with Crippen LogP contribution in [0.25, 0.3) is 5.82 Å². The van der Waals surface area contributed by atoms with Crippen molar-refractivity contribution in [2.45, 2.75) is 33.7 Å². The van der Waals surface area contributed by atoms with Gasteiger partial charge in [0.2, 0.25) is 0 Å². The first kappa shape index (κ1) is 14.0. The molecule has 19 heavy (non-hydrogen) atoms. The van der Waals surface area contributed by atoms with Gasteiger partial charge in [-0.2, -0.15) is 5.10 Å². The number of hydrogen-bond acceptors (Lipinski definition) is 3. The van der Waals surface area contributed by atoms with Gasteiger partial charge < -0.3 is 5.32 Å². The predicted molar refractivity (Wildman–Crippen MR) is 77.8 cm³/mol. The lowest BCUT2D eigenvalue weighted by Crippen LogP contribution is -2.18. The van der Waals surface area contributed by atoms with Crippen molar-refractivity contribution in [2.75, 3.05) is 6.54 Å². The summed E-state index contributed by atoms with van der Waals surface area (Å²) in [5.74, 6) is 0.855. The minimum Gasteiger partial charge on any atom is -0.313 e. The molecule has 0 aliphatic heterocycles. The van der Waals surface area contributed by atoms with E-state index in [1.807, 2.05) is 6.92 Å². The quantitative estimate of drug-likeness (QED) is 0.855. The minimum atomic E-state index is 0.619. The molecule has 2 aromatic rings. The zero-order chi connectivity index (χ0) is 13.8. The van der Waals surface area contributed by atoms with Gasteiger partial charge in [-0.1, -0.05) is 18.5 Å². The molecule has 0 bridgehead atoms. The number of nitrogens with zero attached hydrogens (tertiary/aromatic N) is 3. The summed E-state index contributed by atoms with van der Waals surface area (Å²) in [6.45, 7) is 8.03. The van der Waals surface area contributed by atoms with E-state index in [2.05, 4.69) is 35.3 Å². The molecule has 0 aliphatic rings. The second kappa shape index (κ2) is 6.17. The Balaban J connectivity index is 2.39. The third-order valence-corrected chi connectivity index (χ3v) is 3.15. The van der Waals surface area contributed by atoms with Crippen molar-refractivity contribution < 1.29 is 0 Å². The Kier molecular flexibility index (Phi) is 4.56. The average molecular weight is 279 g/mol. The van der Waals surface area contributed by atoms with E-state index in [-0.39, 0.29) is 0 Å². The number of halogens is 1. The number of nitrogens with one attached hydrogen (secondary N) is 1. The zero-order valence-electron chi connectivity index (χ0n) is 11.6. The Hall–Kier alpha value is -1.39. The van der Waals surface area contributed by atoms with Crippen LogP contribution >= 0.6 is 11.6 Å². The molecule has 0 aliphatic carbocycles. The maximum Gasteiger partial charge on any atom is 0.158 e. The van der Waals surface area contributed by atoms with Crippen molar-refractivity contribution >= 4 is 11.6 Å². The summed E-state index contributed by atoms with van der Waals surface area (Å²) in [6, 6.07) is 2.09. The third-order valence-electron chi connectivity index (χ3n) is 2.95. The van der Waals surface area contributed by atoms with Crippen LogP contribution < -0.4 is 5.32 Å². The normalized spacial score (nSPS) is 10.9. The van der Waals surface area contributed by atoms with Crippen LogP contribution in [0.1, 0.15) is 30.2 Å². The van der Waals surface area contributed by atoms with Gasteiger partial charge in [0.25, 0.3) is 0 Å². The first-order valence-corrected chi connectivity index (χ1v) is 6.88. The van der Waals surface area contributed by atoms with E-state index in [4.69, 9.17) is 11.6 Å². The number of aromatic nitrogens is 3. The van der Waals surface area contributed by atoms with Gasteiger partial charge in [-0.3, -0.25) is 0 Å². The summed E-state index contributed by atoms with van der Waals surface area (Å²) in [5.41, 5.74) is 3.37. The van der Waals surface area contributed by atoms with Crippen LogP contribution in [0.3, 0.4) is 0 Å². The van der Waals surface area contributed by atoms with Crippen LogP contribution in [0, 0.1) is 13.8 Å². The topological polar surface area (TPSA) is 42.7 Å². The standard InChI is InChI=1S/C14H19ClN4/c1-4-5-16-8-13-10(2)6-11(3)18-14(13)19-9-12(15)7-17-19/h6-7,9,16H,4-5,8H2,1-3H3. The van der Waals surface area contributed by atoms with Crippen molar-refractivity contribution in [3.8, 4) is 5.82 Å². The Morgan fingerprint density at radius 2 is 2.16 bits per heavy atom. The van der Waals surface area contributed by atoms with Gasteiger partial charge in [0.15, 0.2) is 5.82 Å². The van der Waals surface area contributed by atoms with Crippen molar-refractivity contribution in [1.82, 2.24) is 20.1 Å². The second-order valence-corrected chi connectivity index (χ2v) is 5.10. The number of rotatable bonds is 5. The highest BCUT2D eigenvalue weighted by Gasteiger charge is 2.11. The monoisotopic (exact) mass is 278 g/mol. The summed E-state index contributed by atoms with van der Waals surface area (Å²) in [7, 11) is 0. The molecule has 4 nitrogen and oxygen atoms in total. The van der Waals surface area contributed by atoms with E-state index < -0.39 is 0 Å². The Morgan fingerprint density at radius 1 is 1.37 bits per heavy atom. The van der Waals surface area contributed by atoms with Crippen molar-refractivity contribution in [2.24, 2.45) is 0 Å².